The molecule has 0 spiro atoms. The first-order chi connectivity index (χ1) is 12.1. The van der Waals surface area contributed by atoms with E-state index in [4.69, 9.17) is 5.73 Å². The van der Waals surface area contributed by atoms with E-state index < -0.39 is 5.91 Å². The van der Waals surface area contributed by atoms with Gasteiger partial charge in [0.1, 0.15) is 10.6 Å². The maximum atomic E-state index is 14.2. The van der Waals surface area contributed by atoms with Crippen LogP contribution in [0.4, 0.5) is 10.3 Å². The summed E-state index contributed by atoms with van der Waals surface area (Å²) in [5, 5.41) is 3.98. The number of carbonyl (C=O) groups excluding carboxylic acids is 1. The molecule has 0 saturated heterocycles. The Balaban J connectivity index is 1.57. The van der Waals surface area contributed by atoms with Crippen molar-refractivity contribution in [3.8, 4) is 0 Å². The molecule has 0 unspecified atom stereocenters. The number of nitrogens with one attached hydrogen (secondary N) is 1. The number of pyridine rings is 1. The lowest BCUT2D eigenvalue weighted by Gasteiger charge is -2.41. The van der Waals surface area contributed by atoms with Crippen molar-refractivity contribution in [2.45, 2.75) is 24.7 Å². The molecule has 3 N–H and O–H groups in total. The molecule has 8 heteroatoms. The van der Waals surface area contributed by atoms with Crippen molar-refractivity contribution in [3.63, 3.8) is 0 Å². The molecule has 1 aliphatic carbocycles. The van der Waals surface area contributed by atoms with Crippen LogP contribution in [0.3, 0.4) is 0 Å². The quantitative estimate of drug-likeness (QED) is 0.732. The van der Waals surface area contributed by atoms with Crippen molar-refractivity contribution in [1.29, 1.82) is 0 Å². The topological polar surface area (TPSA) is 93.8 Å². The van der Waals surface area contributed by atoms with Gasteiger partial charge in [-0.3, -0.25) is 9.78 Å². The van der Waals surface area contributed by atoms with E-state index in [-0.39, 0.29) is 11.2 Å². The van der Waals surface area contributed by atoms with Crippen LogP contribution in [0, 0.1) is 5.82 Å². The normalized spacial score (nSPS) is 15.7. The summed E-state index contributed by atoms with van der Waals surface area (Å²) < 4.78 is 14.2. The van der Waals surface area contributed by atoms with Gasteiger partial charge in [-0.1, -0.05) is 6.42 Å². The van der Waals surface area contributed by atoms with Gasteiger partial charge in [0, 0.05) is 29.7 Å². The molecular weight excluding hydrogens is 341 g/mol. The Morgan fingerprint density at radius 1 is 1.40 bits per heavy atom. The third-order valence-corrected chi connectivity index (χ3v) is 5.73. The zero-order chi connectivity index (χ0) is 17.4. The Kier molecular flexibility index (Phi) is 3.84. The van der Waals surface area contributed by atoms with Crippen molar-refractivity contribution in [1.82, 2.24) is 15.0 Å². The van der Waals surface area contributed by atoms with Gasteiger partial charge in [-0.05, 0) is 31.0 Å². The van der Waals surface area contributed by atoms with Crippen LogP contribution in [0.25, 0.3) is 10.2 Å². The second-order valence-electron chi connectivity index (χ2n) is 6.25. The van der Waals surface area contributed by atoms with E-state index >= 15 is 0 Å². The van der Waals surface area contributed by atoms with Gasteiger partial charge in [-0.25, -0.2) is 14.4 Å². The van der Waals surface area contributed by atoms with E-state index in [1.807, 2.05) is 0 Å². The van der Waals surface area contributed by atoms with Gasteiger partial charge in [0.05, 0.1) is 10.6 Å². The molecule has 0 aliphatic heterocycles. The Morgan fingerprint density at radius 3 is 2.92 bits per heavy atom. The zero-order valence-corrected chi connectivity index (χ0v) is 14.1. The van der Waals surface area contributed by atoms with E-state index in [1.54, 1.807) is 24.5 Å². The van der Waals surface area contributed by atoms with Crippen molar-refractivity contribution in [3.05, 3.63) is 47.0 Å². The molecule has 6 nitrogen and oxygen atoms in total. The molecule has 3 aromatic rings. The van der Waals surface area contributed by atoms with E-state index in [1.165, 1.54) is 17.4 Å². The Labute approximate surface area is 147 Å². The number of hydrogen-bond acceptors (Lipinski definition) is 6. The number of rotatable bonds is 5. The smallest absolute Gasteiger partial charge is 0.258 e. The van der Waals surface area contributed by atoms with Gasteiger partial charge < -0.3 is 11.1 Å². The zero-order valence-electron chi connectivity index (χ0n) is 13.3. The Morgan fingerprint density at radius 2 is 2.24 bits per heavy atom. The van der Waals surface area contributed by atoms with Gasteiger partial charge in [0.15, 0.2) is 0 Å². The predicted octanol–water partition coefficient (Wildman–Crippen LogP) is 2.86. The second kappa shape index (κ2) is 6.03. The molecule has 0 bridgehead atoms. The Bertz CT molecular complexity index is 953. The van der Waals surface area contributed by atoms with Crippen LogP contribution in [0.1, 0.15) is 34.6 Å². The number of amides is 1. The minimum Gasteiger partial charge on any atom is -0.365 e. The fourth-order valence-electron chi connectivity index (χ4n) is 3.16. The lowest BCUT2D eigenvalue weighted by atomic mass is 9.66. The average Bonchev–Trinajstić information content (AvgIpc) is 2.99. The minimum atomic E-state index is -0.475. The molecule has 0 atom stereocenters. The highest BCUT2D eigenvalue weighted by molar-refractivity contribution is 7.20. The number of nitrogens with two attached hydrogens (primary N) is 1. The molecule has 25 heavy (non-hydrogen) atoms. The largest absolute Gasteiger partial charge is 0.365 e. The van der Waals surface area contributed by atoms with E-state index in [2.05, 4.69) is 20.3 Å². The fraction of sp³-hybridized carbons (Fsp3) is 0.294. The monoisotopic (exact) mass is 357 g/mol. The molecule has 3 aromatic heterocycles. The van der Waals surface area contributed by atoms with Gasteiger partial charge in [-0.2, -0.15) is 0 Å². The summed E-state index contributed by atoms with van der Waals surface area (Å²) >= 11 is 1.23. The predicted molar refractivity (Wildman–Crippen MR) is 94.1 cm³/mol. The number of nitrogens with zero attached hydrogens (tertiary/aromatic N) is 3. The second-order valence-corrected chi connectivity index (χ2v) is 7.28. The van der Waals surface area contributed by atoms with Crippen molar-refractivity contribution < 1.29 is 9.18 Å². The number of thiophene rings is 1. The first-order valence-electron chi connectivity index (χ1n) is 7.99. The number of fused-ring (bicyclic) bond motifs is 1. The third-order valence-electron chi connectivity index (χ3n) is 4.67. The highest BCUT2D eigenvalue weighted by atomic mass is 32.1. The lowest BCUT2D eigenvalue weighted by Crippen LogP contribution is -2.42. The number of primary amides is 1. The fourth-order valence-corrected chi connectivity index (χ4v) is 4.02. The summed E-state index contributed by atoms with van der Waals surface area (Å²) in [5.41, 5.74) is 5.48. The number of anilines is 1. The molecule has 128 valence electrons. The first kappa shape index (κ1) is 15.9. The molecule has 1 saturated carbocycles. The van der Waals surface area contributed by atoms with Gasteiger partial charge >= 0.3 is 0 Å². The summed E-state index contributed by atoms with van der Waals surface area (Å²) in [7, 11) is 0. The van der Waals surface area contributed by atoms with E-state index in [0.29, 0.717) is 27.9 Å². The average molecular weight is 357 g/mol. The number of halogens is 1. The third kappa shape index (κ3) is 2.82. The molecule has 1 aliphatic rings. The molecule has 0 radical (unpaired) electrons. The standard InChI is InChI=1S/C17H16FN5OS/c18-11-3-1-6-20-13(11)17(4-2-5-17)9-22-16-21-8-10-7-12(14(19)24)25-15(10)23-16/h1,3,6-8H,2,4-5,9H2,(H2,19,24)(H,21,22,23). The van der Waals surface area contributed by atoms with Crippen molar-refractivity contribution in [2.24, 2.45) is 5.73 Å². The Hall–Kier alpha value is -2.61. The highest BCUT2D eigenvalue weighted by Gasteiger charge is 2.41. The van der Waals surface area contributed by atoms with Crippen LogP contribution in [-0.2, 0) is 5.41 Å². The van der Waals surface area contributed by atoms with Crippen LogP contribution in [0.5, 0.6) is 0 Å². The summed E-state index contributed by atoms with van der Waals surface area (Å²) in [6, 6.07) is 4.73. The minimum absolute atomic E-state index is 0.273. The van der Waals surface area contributed by atoms with E-state index in [0.717, 1.165) is 24.6 Å². The summed E-state index contributed by atoms with van der Waals surface area (Å²) in [6.07, 6.45) is 6.08. The summed E-state index contributed by atoms with van der Waals surface area (Å²) in [4.78, 5) is 25.4. The first-order valence-corrected chi connectivity index (χ1v) is 8.80. The van der Waals surface area contributed by atoms with Crippen LogP contribution < -0.4 is 11.1 Å². The SMILES string of the molecule is NC(=O)c1cc2cnc(NCC3(c4ncccc4F)CCC3)nc2s1. The van der Waals surface area contributed by atoms with Gasteiger partial charge in [0.2, 0.25) is 5.95 Å². The van der Waals surface area contributed by atoms with Gasteiger partial charge in [0.25, 0.3) is 5.91 Å². The number of hydrogen-bond donors (Lipinski definition) is 2. The molecule has 0 aromatic carbocycles. The number of aromatic nitrogens is 3. The maximum Gasteiger partial charge on any atom is 0.258 e. The van der Waals surface area contributed by atoms with Crippen LogP contribution in [-0.4, -0.2) is 27.4 Å². The molecule has 4 rings (SSSR count). The summed E-state index contributed by atoms with van der Waals surface area (Å²) in [6.45, 7) is 0.514. The highest BCUT2D eigenvalue weighted by Crippen LogP contribution is 2.43. The summed E-state index contributed by atoms with van der Waals surface area (Å²) in [5.74, 6) is -0.297. The van der Waals surface area contributed by atoms with Crippen molar-refractivity contribution >= 4 is 33.4 Å². The van der Waals surface area contributed by atoms with Gasteiger partial charge in [-0.15, -0.1) is 11.3 Å². The van der Waals surface area contributed by atoms with Crippen LogP contribution in [0.15, 0.2) is 30.6 Å². The van der Waals surface area contributed by atoms with E-state index in [9.17, 15) is 9.18 Å². The lowest BCUT2D eigenvalue weighted by molar-refractivity contribution is 0.100. The van der Waals surface area contributed by atoms with Crippen LogP contribution >= 0.6 is 11.3 Å². The molecular formula is C17H16FN5OS. The van der Waals surface area contributed by atoms with Crippen molar-refractivity contribution in [2.75, 3.05) is 11.9 Å². The van der Waals surface area contributed by atoms with Crippen LogP contribution in [0.2, 0.25) is 0 Å². The molecule has 1 fully saturated rings. The molecule has 3 heterocycles. The maximum absolute atomic E-state index is 14.2. The number of carbonyl (C=O) groups is 1. The molecule has 1 amide bonds.